The summed E-state index contributed by atoms with van der Waals surface area (Å²) < 4.78 is 31.8. The number of carbonyl (C=O) groups excluding carboxylic acids is 2. The highest BCUT2D eigenvalue weighted by atomic mass is 35.5. The number of nitrogens with one attached hydrogen (secondary N) is 1. The molecule has 0 bridgehead atoms. The number of likely N-dealkylation sites (tertiary alicyclic amines) is 1. The van der Waals surface area contributed by atoms with E-state index in [1.165, 1.54) is 24.4 Å². The van der Waals surface area contributed by atoms with Crippen LogP contribution in [0.25, 0.3) is 10.9 Å². The van der Waals surface area contributed by atoms with Gasteiger partial charge in [-0.15, -0.1) is 0 Å². The minimum absolute atomic E-state index is 0.0253. The number of methoxy groups -OCH3 is 1. The second-order valence-electron chi connectivity index (χ2n) is 11.1. The maximum atomic E-state index is 14.6. The van der Waals surface area contributed by atoms with Gasteiger partial charge in [0.15, 0.2) is 5.82 Å². The molecule has 0 radical (unpaired) electrons. The van der Waals surface area contributed by atoms with Crippen molar-refractivity contribution in [3.63, 3.8) is 0 Å². The molecule has 2 saturated heterocycles. The molecule has 40 heavy (non-hydrogen) atoms. The summed E-state index contributed by atoms with van der Waals surface area (Å²) in [6.45, 7) is 8.47. The summed E-state index contributed by atoms with van der Waals surface area (Å²) in [6.07, 6.45) is 0.895. The first-order valence-electron chi connectivity index (χ1n) is 12.9. The lowest BCUT2D eigenvalue weighted by Crippen LogP contribution is -2.55. The molecular weight excluding hydrogens is 541 g/mol. The van der Waals surface area contributed by atoms with E-state index in [4.69, 9.17) is 25.8 Å². The van der Waals surface area contributed by atoms with Crippen molar-refractivity contribution in [2.24, 2.45) is 5.92 Å². The molecule has 2 unspecified atom stereocenters. The topological polar surface area (TPSA) is 106 Å². The Bertz CT molecular complexity index is 1480. The third-order valence-corrected chi connectivity index (χ3v) is 7.51. The van der Waals surface area contributed by atoms with Gasteiger partial charge in [-0.2, -0.15) is 0 Å². The largest absolute Gasteiger partial charge is 0.494 e. The van der Waals surface area contributed by atoms with E-state index in [0.717, 1.165) is 0 Å². The van der Waals surface area contributed by atoms with Crippen molar-refractivity contribution < 1.29 is 28.2 Å². The lowest BCUT2D eigenvalue weighted by Gasteiger charge is -2.42. The Morgan fingerprint density at radius 2 is 2.05 bits per heavy atom. The Hall–Kier alpha value is -3.86. The van der Waals surface area contributed by atoms with E-state index in [1.807, 2.05) is 27.7 Å². The van der Waals surface area contributed by atoms with Gasteiger partial charge in [-0.1, -0.05) is 24.6 Å². The molecule has 3 heterocycles. The van der Waals surface area contributed by atoms with Gasteiger partial charge in [-0.05, 0) is 39.0 Å². The van der Waals surface area contributed by atoms with Crippen LogP contribution in [0, 0.1) is 11.7 Å². The average molecular weight is 572 g/mol. The molecule has 3 aromatic rings. The predicted molar refractivity (Wildman–Crippen MR) is 149 cm³/mol. The SMILES string of the molecule is COc1cc2ncnc(Nc3cccc(Cl)c3F)c2cc1N1CC2(CCN(C(=O)OC(C)(C)C)CC2C)OC1=O. The summed E-state index contributed by atoms with van der Waals surface area (Å²) in [7, 11) is 1.51. The molecule has 1 aromatic heterocycles. The van der Waals surface area contributed by atoms with Crippen LogP contribution in [0.4, 0.5) is 31.2 Å². The van der Waals surface area contributed by atoms with Crippen LogP contribution in [0.2, 0.25) is 5.02 Å². The summed E-state index contributed by atoms with van der Waals surface area (Å²) in [5, 5.41) is 3.50. The standard InChI is InChI=1S/C28H31ClFN5O5/c1-16-13-34(25(36)39-27(2,3)4)10-9-28(16)14-35(26(37)40-28)21-11-17-20(12-22(21)38-5)31-15-32-24(17)33-19-8-6-7-18(29)23(19)30/h6-8,11-12,15-16H,9-10,13-14H2,1-5H3,(H,31,32,33). The molecule has 2 fully saturated rings. The molecule has 2 aliphatic heterocycles. The number of hydrogen-bond donors (Lipinski definition) is 1. The summed E-state index contributed by atoms with van der Waals surface area (Å²) in [5.41, 5.74) is -0.262. The molecule has 2 amide bonds. The third-order valence-electron chi connectivity index (χ3n) is 7.22. The van der Waals surface area contributed by atoms with Crippen molar-refractivity contribution in [1.82, 2.24) is 14.9 Å². The molecule has 5 rings (SSSR count). The summed E-state index contributed by atoms with van der Waals surface area (Å²) >= 11 is 5.95. The van der Waals surface area contributed by atoms with Crippen molar-refractivity contribution in [1.29, 1.82) is 0 Å². The second kappa shape index (κ2) is 10.3. The third kappa shape index (κ3) is 5.17. The zero-order valence-electron chi connectivity index (χ0n) is 23.0. The maximum Gasteiger partial charge on any atom is 0.415 e. The van der Waals surface area contributed by atoms with Crippen LogP contribution >= 0.6 is 11.6 Å². The van der Waals surface area contributed by atoms with Gasteiger partial charge in [-0.25, -0.2) is 23.9 Å². The Morgan fingerprint density at radius 1 is 1.27 bits per heavy atom. The Balaban J connectivity index is 1.44. The van der Waals surface area contributed by atoms with E-state index in [2.05, 4.69) is 15.3 Å². The Morgan fingerprint density at radius 3 is 2.75 bits per heavy atom. The number of piperidine rings is 1. The summed E-state index contributed by atoms with van der Waals surface area (Å²) in [6, 6.07) is 8.04. The lowest BCUT2D eigenvalue weighted by molar-refractivity contribution is -0.0479. The number of aromatic nitrogens is 2. The highest BCUT2D eigenvalue weighted by Gasteiger charge is 2.53. The summed E-state index contributed by atoms with van der Waals surface area (Å²) in [5.74, 6) is -0.0164. The number of anilines is 3. The fourth-order valence-corrected chi connectivity index (χ4v) is 5.26. The molecule has 0 aliphatic carbocycles. The molecule has 1 spiro atoms. The average Bonchev–Trinajstić information content (AvgIpc) is 3.23. The van der Waals surface area contributed by atoms with Crippen molar-refractivity contribution in [3.8, 4) is 5.75 Å². The predicted octanol–water partition coefficient (Wildman–Crippen LogP) is 6.15. The zero-order chi connectivity index (χ0) is 28.8. The van der Waals surface area contributed by atoms with E-state index in [9.17, 15) is 14.0 Å². The van der Waals surface area contributed by atoms with Crippen LogP contribution in [0.5, 0.6) is 5.75 Å². The number of carbonyl (C=O) groups is 2. The molecule has 1 N–H and O–H groups in total. The number of halogens is 2. The minimum atomic E-state index is -0.798. The molecule has 0 saturated carbocycles. The number of benzene rings is 2. The molecule has 10 nitrogen and oxygen atoms in total. The normalized spacial score (nSPS) is 21.1. The van der Waals surface area contributed by atoms with E-state index < -0.39 is 23.1 Å². The molecule has 212 valence electrons. The number of ether oxygens (including phenoxy) is 3. The van der Waals surface area contributed by atoms with E-state index in [0.29, 0.717) is 47.7 Å². The van der Waals surface area contributed by atoms with E-state index >= 15 is 0 Å². The summed E-state index contributed by atoms with van der Waals surface area (Å²) in [4.78, 5) is 37.7. The smallest absolute Gasteiger partial charge is 0.415 e. The van der Waals surface area contributed by atoms with Gasteiger partial charge in [0.1, 0.15) is 29.1 Å². The first kappa shape index (κ1) is 27.7. The molecule has 2 aliphatic rings. The van der Waals surface area contributed by atoms with Crippen molar-refractivity contribution in [2.45, 2.75) is 45.3 Å². The number of rotatable bonds is 4. The fraction of sp³-hybridized carbons (Fsp3) is 0.429. The first-order chi connectivity index (χ1) is 18.9. The van der Waals surface area contributed by atoms with Crippen LogP contribution in [-0.4, -0.2) is 65.0 Å². The van der Waals surface area contributed by atoms with Crippen LogP contribution in [0.15, 0.2) is 36.7 Å². The van der Waals surface area contributed by atoms with Gasteiger partial charge in [0.2, 0.25) is 0 Å². The van der Waals surface area contributed by atoms with Gasteiger partial charge in [0, 0.05) is 36.9 Å². The van der Waals surface area contributed by atoms with E-state index in [1.54, 1.807) is 29.2 Å². The van der Waals surface area contributed by atoms with E-state index in [-0.39, 0.29) is 29.3 Å². The second-order valence-corrected chi connectivity index (χ2v) is 11.5. The van der Waals surface area contributed by atoms with Crippen LogP contribution in [0.1, 0.15) is 34.1 Å². The minimum Gasteiger partial charge on any atom is -0.494 e. The first-order valence-corrected chi connectivity index (χ1v) is 13.3. The molecule has 2 atom stereocenters. The number of nitrogens with zero attached hydrogens (tertiary/aromatic N) is 4. The van der Waals surface area contributed by atoms with Crippen molar-refractivity contribution in [2.75, 3.05) is 37.0 Å². The van der Waals surface area contributed by atoms with Crippen molar-refractivity contribution in [3.05, 3.63) is 47.5 Å². The van der Waals surface area contributed by atoms with Gasteiger partial charge >= 0.3 is 12.2 Å². The molecule has 12 heteroatoms. The van der Waals surface area contributed by atoms with Gasteiger partial charge < -0.3 is 24.4 Å². The highest BCUT2D eigenvalue weighted by molar-refractivity contribution is 6.31. The Kier molecular flexibility index (Phi) is 7.11. The van der Waals surface area contributed by atoms with Crippen LogP contribution in [0.3, 0.4) is 0 Å². The van der Waals surface area contributed by atoms with Crippen LogP contribution in [-0.2, 0) is 9.47 Å². The monoisotopic (exact) mass is 571 g/mol. The number of amides is 2. The zero-order valence-corrected chi connectivity index (χ0v) is 23.7. The lowest BCUT2D eigenvalue weighted by atomic mass is 9.82. The van der Waals surface area contributed by atoms with Gasteiger partial charge in [0.05, 0.1) is 35.6 Å². The Labute approximate surface area is 236 Å². The number of fused-ring (bicyclic) bond motifs is 1. The van der Waals surface area contributed by atoms with Gasteiger partial charge in [0.25, 0.3) is 0 Å². The van der Waals surface area contributed by atoms with Gasteiger partial charge in [-0.3, -0.25) is 4.90 Å². The quantitative estimate of drug-likeness (QED) is 0.397. The van der Waals surface area contributed by atoms with Crippen LogP contribution < -0.4 is 15.0 Å². The van der Waals surface area contributed by atoms with Crippen molar-refractivity contribution >= 4 is 51.9 Å². The fourth-order valence-electron chi connectivity index (χ4n) is 5.09. The molecule has 2 aromatic carbocycles. The number of hydrogen-bond acceptors (Lipinski definition) is 8. The maximum absolute atomic E-state index is 14.6. The highest BCUT2D eigenvalue weighted by Crippen LogP contribution is 2.43. The molecular formula is C28H31ClFN5O5.